The van der Waals surface area contributed by atoms with E-state index < -0.39 is 11.9 Å². The second kappa shape index (κ2) is 10.6. The van der Waals surface area contributed by atoms with E-state index in [0.717, 1.165) is 12.0 Å². The molecule has 0 saturated heterocycles. The van der Waals surface area contributed by atoms with Crippen molar-refractivity contribution in [2.45, 2.75) is 19.3 Å². The molecule has 3 N–H and O–H groups in total. The highest BCUT2D eigenvalue weighted by Gasteiger charge is 2.36. The number of allylic oxidation sites excluding steroid dienone is 1. The lowest BCUT2D eigenvalue weighted by Crippen LogP contribution is -2.22. The van der Waals surface area contributed by atoms with E-state index in [1.54, 1.807) is 19.2 Å². The first kappa shape index (κ1) is 25.4. The molecule has 1 aliphatic rings. The van der Waals surface area contributed by atoms with Gasteiger partial charge in [-0.25, -0.2) is 9.48 Å². The van der Waals surface area contributed by atoms with Crippen molar-refractivity contribution in [3.8, 4) is 29.1 Å². The van der Waals surface area contributed by atoms with Crippen molar-refractivity contribution in [3.63, 3.8) is 0 Å². The van der Waals surface area contributed by atoms with Gasteiger partial charge < -0.3 is 25.1 Å². The van der Waals surface area contributed by atoms with Crippen molar-refractivity contribution in [2.75, 3.05) is 13.7 Å². The van der Waals surface area contributed by atoms with Gasteiger partial charge in [-0.3, -0.25) is 0 Å². The molecule has 1 aromatic heterocycles. The monoisotopic (exact) mass is 522 g/mol. The average Bonchev–Trinajstić information content (AvgIpc) is 3.28. The molecule has 0 bridgehead atoms. The van der Waals surface area contributed by atoms with Crippen LogP contribution in [0.1, 0.15) is 38.7 Å². The molecule has 1 unspecified atom stereocenters. The number of nitriles is 1. The normalized spacial score (nSPS) is 14.2. The largest absolute Gasteiger partial charge is 0.493 e. The third-order valence-corrected chi connectivity index (χ3v) is 6.58. The van der Waals surface area contributed by atoms with E-state index in [9.17, 15) is 15.2 Å². The lowest BCUT2D eigenvalue weighted by molar-refractivity contribution is 0.0696. The second-order valence-corrected chi connectivity index (χ2v) is 8.99. The molecule has 0 amide bonds. The summed E-state index contributed by atoms with van der Waals surface area (Å²) < 4.78 is 19.1. The first-order valence-electron chi connectivity index (χ1n) is 12.3. The maximum atomic E-state index is 11.5. The number of carboxylic acid groups (broad SMARTS) is 1. The molecule has 5 rings (SSSR count). The van der Waals surface area contributed by atoms with Crippen LogP contribution >= 0.6 is 0 Å². The molecule has 9 nitrogen and oxygen atoms in total. The molecular weight excluding hydrogens is 496 g/mol. The van der Waals surface area contributed by atoms with E-state index in [4.69, 9.17) is 19.9 Å². The van der Waals surface area contributed by atoms with Crippen LogP contribution in [0, 0.1) is 18.3 Å². The molecule has 0 fully saturated rings. The Morgan fingerprint density at radius 1 is 1.13 bits per heavy atom. The quantitative estimate of drug-likeness (QED) is 0.339. The Morgan fingerprint density at radius 3 is 2.64 bits per heavy atom. The zero-order valence-electron chi connectivity index (χ0n) is 21.4. The number of rotatable bonds is 8. The van der Waals surface area contributed by atoms with Gasteiger partial charge in [0.1, 0.15) is 11.6 Å². The number of fused-ring (bicyclic) bond motifs is 1. The van der Waals surface area contributed by atoms with E-state index in [1.165, 1.54) is 22.4 Å². The Kier molecular flexibility index (Phi) is 6.93. The fourth-order valence-electron chi connectivity index (χ4n) is 4.70. The molecule has 0 aliphatic carbocycles. The SMILES string of the molecule is COc1cc(C2C(C#N)=C(N)Oc3c2c(C)nn3-c2cccc(C(=O)O)c2)ccc1OCCc1ccccc1. The lowest BCUT2D eigenvalue weighted by Gasteiger charge is -2.25. The highest BCUT2D eigenvalue weighted by Crippen LogP contribution is 2.46. The lowest BCUT2D eigenvalue weighted by atomic mass is 9.84. The van der Waals surface area contributed by atoms with Crippen molar-refractivity contribution in [1.82, 2.24) is 9.78 Å². The van der Waals surface area contributed by atoms with Crippen molar-refractivity contribution >= 4 is 5.97 Å². The van der Waals surface area contributed by atoms with Gasteiger partial charge in [0, 0.05) is 6.42 Å². The van der Waals surface area contributed by atoms with Gasteiger partial charge in [-0.05, 0) is 48.4 Å². The molecule has 3 aromatic carbocycles. The fraction of sp³-hybridized carbons (Fsp3) is 0.167. The summed E-state index contributed by atoms with van der Waals surface area (Å²) in [6, 6.07) is 24.1. The number of aryl methyl sites for hydroxylation is 1. The molecule has 39 heavy (non-hydrogen) atoms. The van der Waals surface area contributed by atoms with Crippen LogP contribution in [0.4, 0.5) is 0 Å². The Morgan fingerprint density at radius 2 is 1.92 bits per heavy atom. The number of carboxylic acids is 1. The predicted octanol–water partition coefficient (Wildman–Crippen LogP) is 4.73. The van der Waals surface area contributed by atoms with Gasteiger partial charge in [-0.1, -0.05) is 42.5 Å². The van der Waals surface area contributed by atoms with Gasteiger partial charge in [0.25, 0.3) is 0 Å². The number of nitrogens with two attached hydrogens (primary N) is 1. The summed E-state index contributed by atoms with van der Waals surface area (Å²) in [5.74, 6) is -0.270. The Bertz CT molecular complexity index is 1620. The van der Waals surface area contributed by atoms with Crippen LogP contribution in [0.2, 0.25) is 0 Å². The average molecular weight is 523 g/mol. The zero-order valence-corrected chi connectivity index (χ0v) is 21.4. The summed E-state index contributed by atoms with van der Waals surface area (Å²) in [6.45, 7) is 2.28. The van der Waals surface area contributed by atoms with Crippen LogP contribution in [-0.2, 0) is 6.42 Å². The maximum absolute atomic E-state index is 11.5. The van der Waals surface area contributed by atoms with E-state index in [0.29, 0.717) is 40.9 Å². The summed E-state index contributed by atoms with van der Waals surface area (Å²) >= 11 is 0. The summed E-state index contributed by atoms with van der Waals surface area (Å²) in [7, 11) is 1.56. The summed E-state index contributed by atoms with van der Waals surface area (Å²) in [6.07, 6.45) is 0.744. The number of aromatic nitrogens is 2. The number of hydrogen-bond acceptors (Lipinski definition) is 7. The third kappa shape index (κ3) is 4.88. The molecule has 0 radical (unpaired) electrons. The Balaban J connectivity index is 1.52. The minimum Gasteiger partial charge on any atom is -0.493 e. The van der Waals surface area contributed by atoms with E-state index in [1.807, 2.05) is 55.5 Å². The third-order valence-electron chi connectivity index (χ3n) is 6.58. The summed E-state index contributed by atoms with van der Waals surface area (Å²) in [5, 5.41) is 24.1. The van der Waals surface area contributed by atoms with E-state index >= 15 is 0 Å². The number of hydrogen-bond donors (Lipinski definition) is 2. The van der Waals surface area contributed by atoms with Crippen LogP contribution in [-0.4, -0.2) is 34.6 Å². The van der Waals surface area contributed by atoms with Crippen molar-refractivity contribution < 1.29 is 24.1 Å². The van der Waals surface area contributed by atoms with Gasteiger partial charge in [0.15, 0.2) is 11.5 Å². The van der Waals surface area contributed by atoms with Crippen LogP contribution in [0.15, 0.2) is 84.3 Å². The van der Waals surface area contributed by atoms with Gasteiger partial charge in [0.05, 0.1) is 42.1 Å². The predicted molar refractivity (Wildman–Crippen MR) is 143 cm³/mol. The molecule has 2 heterocycles. The van der Waals surface area contributed by atoms with Gasteiger partial charge in [-0.15, -0.1) is 0 Å². The Hall–Kier alpha value is -5.23. The molecule has 9 heteroatoms. The number of carbonyl (C=O) groups is 1. The van der Waals surface area contributed by atoms with E-state index in [-0.39, 0.29) is 17.0 Å². The molecular formula is C30H26N4O5. The molecule has 0 spiro atoms. The maximum Gasteiger partial charge on any atom is 0.335 e. The van der Waals surface area contributed by atoms with Crippen LogP contribution < -0.4 is 19.9 Å². The summed E-state index contributed by atoms with van der Waals surface area (Å²) in [4.78, 5) is 11.5. The van der Waals surface area contributed by atoms with Crippen LogP contribution in [0.3, 0.4) is 0 Å². The van der Waals surface area contributed by atoms with Crippen molar-refractivity contribution in [3.05, 3.63) is 112 Å². The standard InChI is InChI=1S/C30H26N4O5/c1-18-26-27(20-11-12-24(25(16-20)37-2)38-14-13-19-7-4-3-5-8-19)23(17-31)28(32)39-29(26)34(33-18)22-10-6-9-21(15-22)30(35)36/h3-12,15-16,27H,13-14,32H2,1-2H3,(H,35,36). The molecule has 1 aliphatic heterocycles. The highest BCUT2D eigenvalue weighted by atomic mass is 16.5. The molecule has 0 saturated carbocycles. The Labute approximate surface area is 225 Å². The number of benzene rings is 3. The molecule has 4 aromatic rings. The van der Waals surface area contributed by atoms with Gasteiger partial charge in [-0.2, -0.15) is 10.4 Å². The van der Waals surface area contributed by atoms with Crippen LogP contribution in [0.5, 0.6) is 17.4 Å². The number of aromatic carboxylic acids is 1. The number of ether oxygens (including phenoxy) is 3. The topological polar surface area (TPSA) is 133 Å². The summed E-state index contributed by atoms with van der Waals surface area (Å²) in [5.41, 5.74) is 10.2. The van der Waals surface area contributed by atoms with Gasteiger partial charge >= 0.3 is 5.97 Å². The smallest absolute Gasteiger partial charge is 0.335 e. The minimum absolute atomic E-state index is 0.0484. The molecule has 196 valence electrons. The zero-order chi connectivity index (χ0) is 27.5. The minimum atomic E-state index is -1.06. The second-order valence-electron chi connectivity index (χ2n) is 8.99. The fourth-order valence-corrected chi connectivity index (χ4v) is 4.70. The highest BCUT2D eigenvalue weighted by molar-refractivity contribution is 5.88. The van der Waals surface area contributed by atoms with Crippen molar-refractivity contribution in [1.29, 1.82) is 5.26 Å². The van der Waals surface area contributed by atoms with Crippen molar-refractivity contribution in [2.24, 2.45) is 5.73 Å². The number of methoxy groups -OCH3 is 1. The van der Waals surface area contributed by atoms with Gasteiger partial charge in [0.2, 0.25) is 11.8 Å². The number of nitrogens with zero attached hydrogens (tertiary/aromatic N) is 3. The first-order chi connectivity index (χ1) is 18.9. The molecule has 1 atom stereocenters. The van der Waals surface area contributed by atoms with Crippen LogP contribution in [0.25, 0.3) is 5.69 Å². The van der Waals surface area contributed by atoms with E-state index in [2.05, 4.69) is 11.2 Å². The first-order valence-corrected chi connectivity index (χ1v) is 12.3.